The first-order chi connectivity index (χ1) is 11.5. The van der Waals surface area contributed by atoms with Crippen molar-refractivity contribution < 1.29 is 19.8 Å². The maximum atomic E-state index is 12.5. The van der Waals surface area contributed by atoms with Crippen LogP contribution in [0.25, 0.3) is 0 Å². The quantitative estimate of drug-likeness (QED) is 0.478. The van der Waals surface area contributed by atoms with Crippen molar-refractivity contribution in [1.82, 2.24) is 10.6 Å². The fourth-order valence-electron chi connectivity index (χ4n) is 2.30. The SMILES string of the molecule is C=CC[C@H](CC(=O)N[C@@H](C)CO)C(=O)N[C@H](CO)c1ccccc1. The van der Waals surface area contributed by atoms with Crippen molar-refractivity contribution >= 4 is 11.8 Å². The van der Waals surface area contributed by atoms with Gasteiger partial charge in [-0.15, -0.1) is 6.58 Å². The van der Waals surface area contributed by atoms with E-state index in [0.717, 1.165) is 5.56 Å². The lowest BCUT2D eigenvalue weighted by Gasteiger charge is -2.21. The Balaban J connectivity index is 2.71. The fraction of sp³-hybridized carbons (Fsp3) is 0.444. The van der Waals surface area contributed by atoms with Gasteiger partial charge in [0.25, 0.3) is 0 Å². The minimum Gasteiger partial charge on any atom is -0.394 e. The summed E-state index contributed by atoms with van der Waals surface area (Å²) in [5, 5.41) is 23.9. The van der Waals surface area contributed by atoms with E-state index in [1.54, 1.807) is 13.0 Å². The Morgan fingerprint density at radius 3 is 2.38 bits per heavy atom. The number of benzene rings is 1. The summed E-state index contributed by atoms with van der Waals surface area (Å²) in [6.07, 6.45) is 1.93. The summed E-state index contributed by atoms with van der Waals surface area (Å²) < 4.78 is 0. The normalized spacial score (nSPS) is 14.3. The summed E-state index contributed by atoms with van der Waals surface area (Å²) in [5.74, 6) is -1.20. The van der Waals surface area contributed by atoms with E-state index in [-0.39, 0.29) is 37.5 Å². The first kappa shape index (κ1) is 19.9. The lowest BCUT2D eigenvalue weighted by atomic mass is 9.98. The molecule has 0 spiro atoms. The predicted molar refractivity (Wildman–Crippen MR) is 92.0 cm³/mol. The van der Waals surface area contributed by atoms with E-state index < -0.39 is 12.0 Å². The highest BCUT2D eigenvalue weighted by Crippen LogP contribution is 2.16. The van der Waals surface area contributed by atoms with Crippen LogP contribution in [0, 0.1) is 5.92 Å². The minimum absolute atomic E-state index is 0.00483. The molecule has 4 N–H and O–H groups in total. The van der Waals surface area contributed by atoms with E-state index in [0.29, 0.717) is 6.42 Å². The van der Waals surface area contributed by atoms with Crippen LogP contribution in [0.15, 0.2) is 43.0 Å². The molecule has 0 aliphatic heterocycles. The molecule has 3 atom stereocenters. The molecule has 0 aromatic heterocycles. The van der Waals surface area contributed by atoms with Crippen molar-refractivity contribution in [2.45, 2.75) is 31.8 Å². The van der Waals surface area contributed by atoms with Gasteiger partial charge in [0.2, 0.25) is 11.8 Å². The maximum absolute atomic E-state index is 12.5. The van der Waals surface area contributed by atoms with Gasteiger partial charge in [-0.3, -0.25) is 9.59 Å². The topological polar surface area (TPSA) is 98.7 Å². The van der Waals surface area contributed by atoms with Gasteiger partial charge in [-0.2, -0.15) is 0 Å². The Morgan fingerprint density at radius 2 is 1.83 bits per heavy atom. The van der Waals surface area contributed by atoms with E-state index in [9.17, 15) is 14.7 Å². The number of aliphatic hydroxyl groups excluding tert-OH is 2. The van der Waals surface area contributed by atoms with Gasteiger partial charge >= 0.3 is 0 Å². The lowest BCUT2D eigenvalue weighted by molar-refractivity contribution is -0.131. The third-order valence-electron chi connectivity index (χ3n) is 3.64. The van der Waals surface area contributed by atoms with Crippen molar-refractivity contribution in [3.8, 4) is 0 Å². The molecule has 6 heteroatoms. The molecule has 0 saturated carbocycles. The number of nitrogens with one attached hydrogen (secondary N) is 2. The van der Waals surface area contributed by atoms with Gasteiger partial charge < -0.3 is 20.8 Å². The molecule has 0 saturated heterocycles. The molecular formula is C18H26N2O4. The van der Waals surface area contributed by atoms with E-state index in [4.69, 9.17) is 5.11 Å². The molecule has 0 fully saturated rings. The summed E-state index contributed by atoms with van der Waals surface area (Å²) in [7, 11) is 0. The zero-order valence-electron chi connectivity index (χ0n) is 13.9. The molecule has 6 nitrogen and oxygen atoms in total. The number of allylic oxidation sites excluding steroid dienone is 1. The number of carbonyl (C=O) groups excluding carboxylic acids is 2. The molecule has 24 heavy (non-hydrogen) atoms. The highest BCUT2D eigenvalue weighted by Gasteiger charge is 2.24. The minimum atomic E-state index is -0.578. The monoisotopic (exact) mass is 334 g/mol. The average molecular weight is 334 g/mol. The van der Waals surface area contributed by atoms with Gasteiger partial charge in [0.05, 0.1) is 25.2 Å². The second kappa shape index (κ2) is 10.6. The summed E-state index contributed by atoms with van der Waals surface area (Å²) >= 11 is 0. The zero-order chi connectivity index (χ0) is 17.9. The van der Waals surface area contributed by atoms with Gasteiger partial charge in [-0.05, 0) is 18.9 Å². The molecule has 1 rings (SSSR count). The smallest absolute Gasteiger partial charge is 0.224 e. The Labute approximate surface area is 142 Å². The molecule has 2 amide bonds. The second-order valence-electron chi connectivity index (χ2n) is 5.73. The van der Waals surface area contributed by atoms with E-state index in [1.807, 2.05) is 30.3 Å². The second-order valence-corrected chi connectivity index (χ2v) is 5.73. The van der Waals surface area contributed by atoms with Crippen LogP contribution in [-0.4, -0.2) is 41.3 Å². The predicted octanol–water partition coefficient (Wildman–Crippen LogP) is 0.916. The largest absolute Gasteiger partial charge is 0.394 e. The van der Waals surface area contributed by atoms with Gasteiger partial charge in [0, 0.05) is 12.5 Å². The molecule has 0 bridgehead atoms. The number of hydrogen-bond donors (Lipinski definition) is 4. The van der Waals surface area contributed by atoms with Crippen molar-refractivity contribution in [3.63, 3.8) is 0 Å². The first-order valence-corrected chi connectivity index (χ1v) is 7.99. The number of amides is 2. The standard InChI is InChI=1S/C18H26N2O4/c1-3-7-15(10-17(23)19-13(2)11-21)18(24)20-16(12-22)14-8-5-4-6-9-14/h3-6,8-9,13,15-16,21-22H,1,7,10-12H2,2H3,(H,19,23)(H,20,24)/t13-,15+,16+/m0/s1. The van der Waals surface area contributed by atoms with E-state index in [2.05, 4.69) is 17.2 Å². The summed E-state index contributed by atoms with van der Waals surface area (Å²) in [6, 6.07) is 8.26. The van der Waals surface area contributed by atoms with Crippen LogP contribution in [-0.2, 0) is 9.59 Å². The molecule has 0 unspecified atom stereocenters. The van der Waals surface area contributed by atoms with E-state index in [1.165, 1.54) is 0 Å². The van der Waals surface area contributed by atoms with Crippen molar-refractivity contribution in [3.05, 3.63) is 48.6 Å². The van der Waals surface area contributed by atoms with Gasteiger partial charge in [-0.1, -0.05) is 36.4 Å². The summed E-state index contributed by atoms with van der Waals surface area (Å²) in [5.41, 5.74) is 0.795. The van der Waals surface area contributed by atoms with Crippen LogP contribution < -0.4 is 10.6 Å². The van der Waals surface area contributed by atoms with Crippen molar-refractivity contribution in [2.24, 2.45) is 5.92 Å². The Hall–Kier alpha value is -2.18. The fourth-order valence-corrected chi connectivity index (χ4v) is 2.30. The Bertz CT molecular complexity index is 533. The van der Waals surface area contributed by atoms with E-state index >= 15 is 0 Å². The number of rotatable bonds is 10. The highest BCUT2D eigenvalue weighted by molar-refractivity contribution is 5.86. The molecule has 0 aliphatic rings. The number of hydrogen-bond acceptors (Lipinski definition) is 4. The number of carbonyl (C=O) groups is 2. The molecule has 132 valence electrons. The third-order valence-corrected chi connectivity index (χ3v) is 3.64. The summed E-state index contributed by atoms with van der Waals surface area (Å²) in [6.45, 7) is 4.91. The van der Waals surface area contributed by atoms with Crippen LogP contribution in [0.3, 0.4) is 0 Å². The molecule has 0 aliphatic carbocycles. The molecule has 0 radical (unpaired) electrons. The van der Waals surface area contributed by atoms with Gasteiger partial charge in [-0.25, -0.2) is 0 Å². The first-order valence-electron chi connectivity index (χ1n) is 7.99. The van der Waals surface area contributed by atoms with Gasteiger partial charge in [0.15, 0.2) is 0 Å². The molecule has 1 aromatic rings. The van der Waals surface area contributed by atoms with Crippen molar-refractivity contribution in [1.29, 1.82) is 0 Å². The Kier molecular flexibility index (Phi) is 8.75. The van der Waals surface area contributed by atoms with Crippen molar-refractivity contribution in [2.75, 3.05) is 13.2 Å². The zero-order valence-corrected chi connectivity index (χ0v) is 13.9. The molecule has 1 aromatic carbocycles. The van der Waals surface area contributed by atoms with Crippen LogP contribution in [0.4, 0.5) is 0 Å². The number of aliphatic hydroxyl groups is 2. The lowest BCUT2D eigenvalue weighted by Crippen LogP contribution is -2.40. The maximum Gasteiger partial charge on any atom is 0.224 e. The summed E-state index contributed by atoms with van der Waals surface area (Å²) in [4.78, 5) is 24.4. The molecular weight excluding hydrogens is 308 g/mol. The van der Waals surface area contributed by atoms with Crippen LogP contribution in [0.5, 0.6) is 0 Å². The third kappa shape index (κ3) is 6.52. The molecule has 0 heterocycles. The average Bonchev–Trinajstić information content (AvgIpc) is 2.59. The highest BCUT2D eigenvalue weighted by atomic mass is 16.3. The van der Waals surface area contributed by atoms with Crippen LogP contribution >= 0.6 is 0 Å². The Morgan fingerprint density at radius 1 is 1.17 bits per heavy atom. The van der Waals surface area contributed by atoms with Gasteiger partial charge in [0.1, 0.15) is 0 Å². The van der Waals surface area contributed by atoms with Crippen LogP contribution in [0.1, 0.15) is 31.4 Å². The van der Waals surface area contributed by atoms with Crippen LogP contribution in [0.2, 0.25) is 0 Å².